The van der Waals surface area contributed by atoms with Gasteiger partial charge in [0.1, 0.15) is 0 Å². The lowest BCUT2D eigenvalue weighted by molar-refractivity contribution is -0.116. The molecule has 5 nitrogen and oxygen atoms in total. The number of rotatable bonds is 5. The summed E-state index contributed by atoms with van der Waals surface area (Å²) in [5.41, 5.74) is 1.71. The minimum absolute atomic E-state index is 0.00235. The molecule has 1 aromatic carbocycles. The van der Waals surface area contributed by atoms with Crippen LogP contribution < -0.4 is 15.5 Å². The van der Waals surface area contributed by atoms with E-state index >= 15 is 0 Å². The van der Waals surface area contributed by atoms with E-state index in [2.05, 4.69) is 10.6 Å². The van der Waals surface area contributed by atoms with Crippen LogP contribution in [0, 0.1) is 0 Å². The smallest absolute Gasteiger partial charge is 0.223 e. The van der Waals surface area contributed by atoms with Gasteiger partial charge in [-0.05, 0) is 36.5 Å². The highest BCUT2D eigenvalue weighted by Crippen LogP contribution is 2.16. The number of benzene rings is 1. The Morgan fingerprint density at radius 2 is 2.00 bits per heavy atom. The number of methoxy groups -OCH3 is 1. The maximum absolute atomic E-state index is 11.2. The van der Waals surface area contributed by atoms with Gasteiger partial charge in [-0.1, -0.05) is 0 Å². The fraction of sp³-hybridized carbons (Fsp3) is 0.385. The first-order valence-corrected chi connectivity index (χ1v) is 6.33. The Bertz CT molecular complexity index is 434. The predicted molar refractivity (Wildman–Crippen MR) is 81.6 cm³/mol. The van der Waals surface area contributed by atoms with Crippen molar-refractivity contribution < 1.29 is 9.53 Å². The molecule has 0 fully saturated rings. The van der Waals surface area contributed by atoms with Gasteiger partial charge in [-0.25, -0.2) is 0 Å². The Hall–Kier alpha value is -1.66. The fourth-order valence-electron chi connectivity index (χ4n) is 1.39. The number of nitrogens with one attached hydrogen (secondary N) is 2. The summed E-state index contributed by atoms with van der Waals surface area (Å²) in [5, 5.41) is 6.62. The van der Waals surface area contributed by atoms with Crippen LogP contribution >= 0.6 is 12.2 Å². The van der Waals surface area contributed by atoms with Gasteiger partial charge >= 0.3 is 0 Å². The molecule has 0 radical (unpaired) electrons. The minimum Gasteiger partial charge on any atom is -0.383 e. The molecule has 1 amide bonds. The van der Waals surface area contributed by atoms with Crippen LogP contribution in [0.1, 0.15) is 6.92 Å². The Balaban J connectivity index is 2.52. The van der Waals surface area contributed by atoms with Crippen LogP contribution in [-0.4, -0.2) is 38.3 Å². The van der Waals surface area contributed by atoms with Gasteiger partial charge < -0.3 is 20.3 Å². The van der Waals surface area contributed by atoms with E-state index in [9.17, 15) is 4.79 Å². The van der Waals surface area contributed by atoms with Gasteiger partial charge in [0.15, 0.2) is 5.11 Å². The van der Waals surface area contributed by atoms with E-state index in [-0.39, 0.29) is 5.91 Å². The molecular formula is C13H19N3O2S. The molecule has 0 heterocycles. The van der Waals surface area contributed by atoms with Gasteiger partial charge in [-0.2, -0.15) is 0 Å². The van der Waals surface area contributed by atoms with Crippen molar-refractivity contribution in [1.82, 2.24) is 5.32 Å². The van der Waals surface area contributed by atoms with E-state index in [1.54, 1.807) is 19.1 Å². The third kappa shape index (κ3) is 5.23. The summed E-state index contributed by atoms with van der Waals surface area (Å²) in [6.45, 7) is 2.79. The lowest BCUT2D eigenvalue weighted by Crippen LogP contribution is -2.31. The summed E-state index contributed by atoms with van der Waals surface area (Å²) in [6.07, 6.45) is 0. The third-order valence-corrected chi connectivity index (χ3v) is 2.82. The zero-order valence-electron chi connectivity index (χ0n) is 11.4. The molecule has 0 saturated heterocycles. The number of carbonyl (C=O) groups excluding carboxylic acids is 1. The first kappa shape index (κ1) is 15.4. The second-order valence-corrected chi connectivity index (χ2v) is 4.41. The number of thiocarbonyl (C=S) groups is 1. The van der Waals surface area contributed by atoms with Crippen molar-refractivity contribution in [3.63, 3.8) is 0 Å². The van der Waals surface area contributed by atoms with Crippen molar-refractivity contribution in [2.75, 3.05) is 37.5 Å². The Labute approximate surface area is 118 Å². The van der Waals surface area contributed by atoms with E-state index in [1.807, 2.05) is 24.3 Å². The zero-order chi connectivity index (χ0) is 14.3. The molecule has 0 atom stereocenters. The maximum Gasteiger partial charge on any atom is 0.223 e. The van der Waals surface area contributed by atoms with Crippen molar-refractivity contribution in [3.05, 3.63) is 24.3 Å². The number of nitrogens with zero attached hydrogens (tertiary/aromatic N) is 1. The molecule has 0 saturated carbocycles. The van der Waals surface area contributed by atoms with Crippen molar-refractivity contribution >= 4 is 34.6 Å². The van der Waals surface area contributed by atoms with Gasteiger partial charge in [0.25, 0.3) is 0 Å². The summed E-state index contributed by atoms with van der Waals surface area (Å²) in [5.74, 6) is -0.00235. The Morgan fingerprint density at radius 1 is 1.37 bits per heavy atom. The third-order valence-electron chi connectivity index (χ3n) is 2.58. The van der Waals surface area contributed by atoms with Crippen LogP contribution in [0.15, 0.2) is 24.3 Å². The van der Waals surface area contributed by atoms with Gasteiger partial charge in [0.2, 0.25) is 5.91 Å². The topological polar surface area (TPSA) is 53.6 Å². The SMILES string of the molecule is COCCNC(=S)Nc1ccc(N(C)C(C)=O)cc1. The number of ether oxygens (including phenoxy) is 1. The van der Waals surface area contributed by atoms with E-state index in [0.29, 0.717) is 18.3 Å². The molecule has 0 aliphatic rings. The molecule has 19 heavy (non-hydrogen) atoms. The highest BCUT2D eigenvalue weighted by atomic mass is 32.1. The van der Waals surface area contributed by atoms with Gasteiger partial charge in [0, 0.05) is 39.0 Å². The average molecular weight is 281 g/mol. The molecule has 104 valence electrons. The summed E-state index contributed by atoms with van der Waals surface area (Å²) < 4.78 is 4.92. The monoisotopic (exact) mass is 281 g/mol. The van der Waals surface area contributed by atoms with Crippen molar-refractivity contribution in [3.8, 4) is 0 Å². The van der Waals surface area contributed by atoms with Crippen molar-refractivity contribution in [2.24, 2.45) is 0 Å². The maximum atomic E-state index is 11.2. The summed E-state index contributed by atoms with van der Waals surface area (Å²) >= 11 is 5.13. The van der Waals surface area contributed by atoms with E-state index in [4.69, 9.17) is 17.0 Å². The van der Waals surface area contributed by atoms with Gasteiger partial charge in [-0.15, -0.1) is 0 Å². The van der Waals surface area contributed by atoms with Crippen LogP contribution in [0.25, 0.3) is 0 Å². The lowest BCUT2D eigenvalue weighted by Gasteiger charge is -2.16. The lowest BCUT2D eigenvalue weighted by atomic mass is 10.2. The van der Waals surface area contributed by atoms with Crippen LogP contribution in [0.5, 0.6) is 0 Å². The first-order valence-electron chi connectivity index (χ1n) is 5.92. The average Bonchev–Trinajstić information content (AvgIpc) is 2.39. The van der Waals surface area contributed by atoms with Crippen molar-refractivity contribution in [1.29, 1.82) is 0 Å². The van der Waals surface area contributed by atoms with E-state index in [0.717, 1.165) is 11.4 Å². The van der Waals surface area contributed by atoms with Crippen LogP contribution in [0.4, 0.5) is 11.4 Å². The number of hydrogen-bond acceptors (Lipinski definition) is 3. The molecule has 0 aromatic heterocycles. The molecule has 2 N–H and O–H groups in total. The van der Waals surface area contributed by atoms with Crippen LogP contribution in [0.3, 0.4) is 0 Å². The molecular weight excluding hydrogens is 262 g/mol. The van der Waals surface area contributed by atoms with Gasteiger partial charge in [0.05, 0.1) is 6.61 Å². The molecule has 0 bridgehead atoms. The predicted octanol–water partition coefficient (Wildman–Crippen LogP) is 1.60. The zero-order valence-corrected chi connectivity index (χ0v) is 12.2. The number of hydrogen-bond donors (Lipinski definition) is 2. The highest BCUT2D eigenvalue weighted by molar-refractivity contribution is 7.80. The molecule has 0 unspecified atom stereocenters. The molecule has 6 heteroatoms. The summed E-state index contributed by atoms with van der Waals surface area (Å²) in [6, 6.07) is 7.47. The van der Waals surface area contributed by atoms with Crippen LogP contribution in [0.2, 0.25) is 0 Å². The Morgan fingerprint density at radius 3 is 2.53 bits per heavy atom. The fourth-order valence-corrected chi connectivity index (χ4v) is 1.61. The normalized spacial score (nSPS) is 9.84. The second kappa shape index (κ2) is 7.70. The first-order chi connectivity index (χ1) is 9.04. The molecule has 0 aliphatic heterocycles. The van der Waals surface area contributed by atoms with Gasteiger partial charge in [-0.3, -0.25) is 4.79 Å². The molecule has 0 spiro atoms. The van der Waals surface area contributed by atoms with E-state index in [1.165, 1.54) is 6.92 Å². The Kier molecular flexibility index (Phi) is 6.24. The highest BCUT2D eigenvalue weighted by Gasteiger charge is 2.05. The summed E-state index contributed by atoms with van der Waals surface area (Å²) in [4.78, 5) is 12.8. The number of anilines is 2. The van der Waals surface area contributed by atoms with Crippen LogP contribution in [-0.2, 0) is 9.53 Å². The van der Waals surface area contributed by atoms with E-state index < -0.39 is 0 Å². The molecule has 1 rings (SSSR count). The molecule has 1 aromatic rings. The number of amides is 1. The minimum atomic E-state index is -0.00235. The number of carbonyl (C=O) groups is 1. The summed E-state index contributed by atoms with van der Waals surface area (Å²) in [7, 11) is 3.38. The second-order valence-electron chi connectivity index (χ2n) is 4.00. The largest absolute Gasteiger partial charge is 0.383 e. The standard InChI is InChI=1S/C13H19N3O2S/c1-10(17)16(2)12-6-4-11(5-7-12)15-13(19)14-8-9-18-3/h4-7H,8-9H2,1-3H3,(H2,14,15,19). The van der Waals surface area contributed by atoms with Crippen molar-refractivity contribution in [2.45, 2.75) is 6.92 Å². The quantitative estimate of drug-likeness (QED) is 0.634. The molecule has 0 aliphatic carbocycles.